The van der Waals surface area contributed by atoms with Gasteiger partial charge in [0.25, 0.3) is 10.0 Å². The van der Waals surface area contributed by atoms with Crippen molar-refractivity contribution in [2.24, 2.45) is 0 Å². The van der Waals surface area contributed by atoms with Gasteiger partial charge in [0, 0.05) is 12.8 Å². The van der Waals surface area contributed by atoms with Crippen molar-refractivity contribution in [2.45, 2.75) is 31.1 Å². The molecule has 1 N–H and O–H groups in total. The fraction of sp³-hybridized carbons (Fsp3) is 0.368. The molecule has 0 aliphatic rings. The highest BCUT2D eigenvalue weighted by Crippen LogP contribution is 2.20. The van der Waals surface area contributed by atoms with Crippen LogP contribution in [0.4, 0.5) is 5.69 Å². The molecule has 0 radical (unpaired) electrons. The summed E-state index contributed by atoms with van der Waals surface area (Å²) in [6.45, 7) is 3.05. The highest BCUT2D eigenvalue weighted by atomic mass is 32.2. The minimum Gasteiger partial charge on any atom is -0.491 e. The molecule has 0 saturated carbocycles. The smallest absolute Gasteiger partial charge is 0.261 e. The van der Waals surface area contributed by atoms with Crippen molar-refractivity contribution in [3.05, 3.63) is 54.1 Å². The Morgan fingerprint density at radius 2 is 1.64 bits per heavy atom. The van der Waals surface area contributed by atoms with Crippen LogP contribution in [0.15, 0.2) is 53.4 Å². The minimum atomic E-state index is -3.62. The zero-order valence-corrected chi connectivity index (χ0v) is 15.5. The number of aryl methyl sites for hydroxylation is 1. The Hall–Kier alpha value is -2.05. The molecular weight excluding hydrogens is 338 g/mol. The molecule has 0 saturated heterocycles. The molecule has 0 atom stereocenters. The summed E-state index contributed by atoms with van der Waals surface area (Å²) < 4.78 is 37.9. The number of hydrogen-bond acceptors (Lipinski definition) is 4. The first-order chi connectivity index (χ1) is 12.0. The number of ether oxygens (including phenoxy) is 2. The largest absolute Gasteiger partial charge is 0.491 e. The lowest BCUT2D eigenvalue weighted by Gasteiger charge is -2.10. The van der Waals surface area contributed by atoms with E-state index in [1.807, 2.05) is 12.1 Å². The first-order valence-corrected chi connectivity index (χ1v) is 9.87. The topological polar surface area (TPSA) is 64.6 Å². The molecule has 6 heteroatoms. The van der Waals surface area contributed by atoms with E-state index in [2.05, 4.69) is 11.6 Å². The summed E-state index contributed by atoms with van der Waals surface area (Å²) in [7, 11) is -2.02. The summed E-state index contributed by atoms with van der Waals surface area (Å²) >= 11 is 0. The second-order valence-corrected chi connectivity index (χ2v) is 7.40. The van der Waals surface area contributed by atoms with Gasteiger partial charge in [-0.25, -0.2) is 8.42 Å². The summed E-state index contributed by atoms with van der Waals surface area (Å²) in [5, 5.41) is 0. The molecule has 5 nitrogen and oxygen atoms in total. The van der Waals surface area contributed by atoms with Crippen molar-refractivity contribution in [2.75, 3.05) is 25.0 Å². The summed E-state index contributed by atoms with van der Waals surface area (Å²) in [5.74, 6) is 0.608. The van der Waals surface area contributed by atoms with E-state index in [1.54, 1.807) is 31.4 Å². The van der Waals surface area contributed by atoms with Crippen molar-refractivity contribution >= 4 is 15.7 Å². The predicted octanol–water partition coefficient (Wildman–Crippen LogP) is 3.86. The molecule has 0 amide bonds. The van der Waals surface area contributed by atoms with Crippen molar-refractivity contribution in [3.63, 3.8) is 0 Å². The van der Waals surface area contributed by atoms with Gasteiger partial charge in [0.15, 0.2) is 0 Å². The number of rotatable bonds is 10. The molecular formula is C19H25NO4S. The van der Waals surface area contributed by atoms with Crippen molar-refractivity contribution in [1.82, 2.24) is 0 Å². The second-order valence-electron chi connectivity index (χ2n) is 5.72. The Morgan fingerprint density at radius 1 is 0.960 bits per heavy atom. The van der Waals surface area contributed by atoms with Crippen LogP contribution in [0, 0.1) is 0 Å². The monoisotopic (exact) mass is 363 g/mol. The van der Waals surface area contributed by atoms with Gasteiger partial charge >= 0.3 is 0 Å². The van der Waals surface area contributed by atoms with E-state index in [1.165, 1.54) is 17.7 Å². The number of sulfonamides is 1. The quantitative estimate of drug-likeness (QED) is 0.651. The SMILES string of the molecule is CCCCc1ccc(NS(=O)(=O)c2ccc(OCCOC)cc2)cc1. The van der Waals surface area contributed by atoms with Gasteiger partial charge in [0.2, 0.25) is 0 Å². The molecule has 2 rings (SSSR count). The van der Waals surface area contributed by atoms with Crippen LogP contribution in [0.5, 0.6) is 5.75 Å². The summed E-state index contributed by atoms with van der Waals surface area (Å²) in [6, 6.07) is 13.8. The first kappa shape index (κ1) is 19.3. The van der Waals surface area contributed by atoms with Gasteiger partial charge in [-0.1, -0.05) is 25.5 Å². The minimum absolute atomic E-state index is 0.196. The van der Waals surface area contributed by atoms with E-state index in [0.29, 0.717) is 24.7 Å². The lowest BCUT2D eigenvalue weighted by atomic mass is 10.1. The summed E-state index contributed by atoms with van der Waals surface area (Å²) in [4.78, 5) is 0.196. The fourth-order valence-electron chi connectivity index (χ4n) is 2.29. The molecule has 136 valence electrons. The summed E-state index contributed by atoms with van der Waals surface area (Å²) in [6.07, 6.45) is 3.28. The van der Waals surface area contributed by atoms with Crippen LogP contribution >= 0.6 is 0 Å². The predicted molar refractivity (Wildman–Crippen MR) is 99.7 cm³/mol. The molecule has 0 unspecified atom stereocenters. The average Bonchev–Trinajstić information content (AvgIpc) is 2.61. The van der Waals surface area contributed by atoms with Crippen LogP contribution < -0.4 is 9.46 Å². The summed E-state index contributed by atoms with van der Waals surface area (Å²) in [5.41, 5.74) is 1.77. The maximum atomic E-state index is 12.5. The molecule has 0 fully saturated rings. The highest BCUT2D eigenvalue weighted by Gasteiger charge is 2.14. The van der Waals surface area contributed by atoms with E-state index >= 15 is 0 Å². The Kier molecular flexibility index (Phi) is 7.28. The molecule has 0 aromatic heterocycles. The third-order valence-corrected chi connectivity index (χ3v) is 5.11. The van der Waals surface area contributed by atoms with Crippen LogP contribution in [0.25, 0.3) is 0 Å². The number of benzene rings is 2. The lowest BCUT2D eigenvalue weighted by Crippen LogP contribution is -2.13. The van der Waals surface area contributed by atoms with Crippen molar-refractivity contribution < 1.29 is 17.9 Å². The van der Waals surface area contributed by atoms with Crippen LogP contribution in [0.1, 0.15) is 25.3 Å². The average molecular weight is 363 g/mol. The van der Waals surface area contributed by atoms with Gasteiger partial charge in [0.05, 0.1) is 11.5 Å². The van der Waals surface area contributed by atoms with Gasteiger partial charge in [-0.15, -0.1) is 0 Å². The zero-order chi connectivity index (χ0) is 18.1. The Bertz CT molecular complexity index is 740. The Balaban J connectivity index is 2.00. The standard InChI is InChI=1S/C19H25NO4S/c1-3-4-5-16-6-8-17(9-7-16)20-25(21,22)19-12-10-18(11-13-19)24-15-14-23-2/h6-13,20H,3-5,14-15H2,1-2H3. The normalized spacial score (nSPS) is 11.3. The molecule has 2 aromatic carbocycles. The molecule has 0 aliphatic carbocycles. The van der Waals surface area contributed by atoms with E-state index in [-0.39, 0.29) is 4.90 Å². The molecule has 0 bridgehead atoms. The molecule has 2 aromatic rings. The molecule has 0 spiro atoms. The van der Waals surface area contributed by atoms with Gasteiger partial charge in [0.1, 0.15) is 12.4 Å². The van der Waals surface area contributed by atoms with Crippen LogP contribution in [0.3, 0.4) is 0 Å². The van der Waals surface area contributed by atoms with Gasteiger partial charge in [-0.2, -0.15) is 0 Å². The second kappa shape index (κ2) is 9.44. The van der Waals surface area contributed by atoms with E-state index in [4.69, 9.17) is 9.47 Å². The van der Waals surface area contributed by atoms with Gasteiger partial charge in [-0.05, 0) is 54.8 Å². The maximum Gasteiger partial charge on any atom is 0.261 e. The third-order valence-electron chi connectivity index (χ3n) is 3.72. The fourth-order valence-corrected chi connectivity index (χ4v) is 3.35. The number of unbranched alkanes of at least 4 members (excludes halogenated alkanes) is 1. The van der Waals surface area contributed by atoms with E-state index in [0.717, 1.165) is 19.3 Å². The van der Waals surface area contributed by atoms with Crippen LogP contribution in [0.2, 0.25) is 0 Å². The number of hydrogen-bond donors (Lipinski definition) is 1. The maximum absolute atomic E-state index is 12.5. The highest BCUT2D eigenvalue weighted by molar-refractivity contribution is 7.92. The number of anilines is 1. The van der Waals surface area contributed by atoms with Gasteiger partial charge in [-0.3, -0.25) is 4.72 Å². The van der Waals surface area contributed by atoms with E-state index < -0.39 is 10.0 Å². The third kappa shape index (κ3) is 6.07. The van der Waals surface area contributed by atoms with Gasteiger partial charge < -0.3 is 9.47 Å². The van der Waals surface area contributed by atoms with Crippen molar-refractivity contribution in [3.8, 4) is 5.75 Å². The van der Waals surface area contributed by atoms with Crippen molar-refractivity contribution in [1.29, 1.82) is 0 Å². The van der Waals surface area contributed by atoms with E-state index in [9.17, 15) is 8.42 Å². The van der Waals surface area contributed by atoms with Crippen LogP contribution in [-0.4, -0.2) is 28.7 Å². The molecule has 25 heavy (non-hydrogen) atoms. The zero-order valence-electron chi connectivity index (χ0n) is 14.7. The Morgan fingerprint density at radius 3 is 2.24 bits per heavy atom. The first-order valence-electron chi connectivity index (χ1n) is 8.38. The lowest BCUT2D eigenvalue weighted by molar-refractivity contribution is 0.146. The molecule has 0 aliphatic heterocycles. The molecule has 0 heterocycles. The number of methoxy groups -OCH3 is 1. The number of nitrogens with one attached hydrogen (secondary N) is 1. The van der Waals surface area contributed by atoms with Crippen LogP contribution in [-0.2, 0) is 21.2 Å². The Labute approximate surface area is 150 Å².